The SMILES string of the molecule is O=S1(=O)CCCc2cc(Br)cnc21. The lowest BCUT2D eigenvalue weighted by atomic mass is 10.2. The van der Waals surface area contributed by atoms with Gasteiger partial charge in [-0.1, -0.05) is 0 Å². The molecule has 1 aliphatic rings. The first kappa shape index (κ1) is 9.15. The molecule has 1 aromatic rings. The summed E-state index contributed by atoms with van der Waals surface area (Å²) in [7, 11) is -3.09. The molecule has 0 aromatic carbocycles. The summed E-state index contributed by atoms with van der Waals surface area (Å²) in [6.07, 6.45) is 3.04. The zero-order valence-electron chi connectivity index (χ0n) is 6.83. The number of aryl methyl sites for hydroxylation is 1. The van der Waals surface area contributed by atoms with E-state index in [1.165, 1.54) is 6.20 Å². The minimum absolute atomic E-state index is 0.231. The number of halogens is 1. The summed E-state index contributed by atoms with van der Waals surface area (Å²) in [4.78, 5) is 3.94. The Balaban J connectivity index is 2.66. The van der Waals surface area contributed by atoms with E-state index >= 15 is 0 Å². The lowest BCUT2D eigenvalue weighted by molar-refractivity contribution is 0.581. The molecule has 0 amide bonds. The average molecular weight is 262 g/mol. The largest absolute Gasteiger partial charge is 0.243 e. The number of pyridine rings is 1. The summed E-state index contributed by atoms with van der Waals surface area (Å²) in [6.45, 7) is 0. The Labute approximate surface area is 85.2 Å². The van der Waals surface area contributed by atoms with Crippen LogP contribution in [0.1, 0.15) is 12.0 Å². The molecule has 2 heterocycles. The van der Waals surface area contributed by atoms with E-state index in [9.17, 15) is 8.42 Å². The summed E-state index contributed by atoms with van der Waals surface area (Å²) >= 11 is 3.27. The van der Waals surface area contributed by atoms with E-state index in [1.807, 2.05) is 6.07 Å². The van der Waals surface area contributed by atoms with E-state index in [1.54, 1.807) is 0 Å². The van der Waals surface area contributed by atoms with Crippen LogP contribution in [-0.4, -0.2) is 19.2 Å². The molecular formula is C8H8BrNO2S. The number of hydrogen-bond acceptors (Lipinski definition) is 3. The van der Waals surface area contributed by atoms with Crippen LogP contribution in [0.5, 0.6) is 0 Å². The molecule has 3 nitrogen and oxygen atoms in total. The number of sulfone groups is 1. The molecule has 5 heteroatoms. The van der Waals surface area contributed by atoms with Crippen LogP contribution in [0, 0.1) is 0 Å². The zero-order chi connectivity index (χ0) is 9.47. The fourth-order valence-electron chi connectivity index (χ4n) is 1.48. The first-order chi connectivity index (χ1) is 6.09. The maximum absolute atomic E-state index is 11.5. The minimum atomic E-state index is -3.09. The molecule has 0 unspecified atom stereocenters. The van der Waals surface area contributed by atoms with Crippen molar-refractivity contribution in [2.24, 2.45) is 0 Å². The van der Waals surface area contributed by atoms with Gasteiger partial charge in [0, 0.05) is 10.7 Å². The molecule has 0 bridgehead atoms. The van der Waals surface area contributed by atoms with Gasteiger partial charge in [0.1, 0.15) is 0 Å². The third kappa shape index (κ3) is 1.62. The Morgan fingerprint density at radius 2 is 2.23 bits per heavy atom. The molecule has 70 valence electrons. The fourth-order valence-corrected chi connectivity index (χ4v) is 3.35. The summed E-state index contributed by atoms with van der Waals surface area (Å²) in [5, 5.41) is 0.266. The van der Waals surface area contributed by atoms with Crippen molar-refractivity contribution in [2.45, 2.75) is 17.9 Å². The van der Waals surface area contributed by atoms with Gasteiger partial charge in [-0.25, -0.2) is 13.4 Å². The summed E-state index contributed by atoms with van der Waals surface area (Å²) in [5.41, 5.74) is 0.834. The van der Waals surface area contributed by atoms with Gasteiger partial charge in [-0.15, -0.1) is 0 Å². The highest BCUT2D eigenvalue weighted by Crippen LogP contribution is 2.24. The third-order valence-corrected chi connectivity index (χ3v) is 4.26. The monoisotopic (exact) mass is 261 g/mol. The van der Waals surface area contributed by atoms with Crippen molar-refractivity contribution in [2.75, 3.05) is 5.75 Å². The topological polar surface area (TPSA) is 47.0 Å². The Morgan fingerprint density at radius 3 is 3.00 bits per heavy atom. The number of aromatic nitrogens is 1. The molecule has 0 spiro atoms. The fraction of sp³-hybridized carbons (Fsp3) is 0.375. The van der Waals surface area contributed by atoms with Gasteiger partial charge >= 0.3 is 0 Å². The van der Waals surface area contributed by atoms with Gasteiger partial charge in [0.25, 0.3) is 0 Å². The van der Waals surface area contributed by atoms with Gasteiger partial charge in [0.05, 0.1) is 5.75 Å². The van der Waals surface area contributed by atoms with Crippen LogP contribution in [0.2, 0.25) is 0 Å². The average Bonchev–Trinajstić information content (AvgIpc) is 2.02. The quantitative estimate of drug-likeness (QED) is 0.712. The Kier molecular flexibility index (Phi) is 2.15. The molecule has 0 fully saturated rings. The van der Waals surface area contributed by atoms with Gasteiger partial charge in [0.2, 0.25) is 0 Å². The predicted octanol–water partition coefficient (Wildman–Crippen LogP) is 1.56. The van der Waals surface area contributed by atoms with E-state index in [4.69, 9.17) is 0 Å². The highest BCUT2D eigenvalue weighted by molar-refractivity contribution is 9.10. The molecule has 0 aliphatic carbocycles. The van der Waals surface area contributed by atoms with E-state index in [0.29, 0.717) is 6.42 Å². The van der Waals surface area contributed by atoms with Gasteiger partial charge in [0.15, 0.2) is 14.9 Å². The summed E-state index contributed by atoms with van der Waals surface area (Å²) in [6, 6.07) is 1.83. The third-order valence-electron chi connectivity index (χ3n) is 2.05. The van der Waals surface area contributed by atoms with E-state index in [0.717, 1.165) is 16.5 Å². The second-order valence-electron chi connectivity index (χ2n) is 3.04. The second-order valence-corrected chi connectivity index (χ2v) is 5.98. The van der Waals surface area contributed by atoms with Crippen molar-refractivity contribution in [3.8, 4) is 0 Å². The van der Waals surface area contributed by atoms with Crippen LogP contribution in [-0.2, 0) is 16.3 Å². The molecule has 1 aliphatic heterocycles. The minimum Gasteiger partial charge on any atom is -0.243 e. The Morgan fingerprint density at radius 1 is 1.46 bits per heavy atom. The molecular weight excluding hydrogens is 254 g/mol. The lowest BCUT2D eigenvalue weighted by Gasteiger charge is -2.14. The molecule has 0 radical (unpaired) electrons. The van der Waals surface area contributed by atoms with Gasteiger partial charge in [-0.05, 0) is 40.4 Å². The van der Waals surface area contributed by atoms with Crippen LogP contribution in [0.25, 0.3) is 0 Å². The maximum atomic E-state index is 11.5. The van der Waals surface area contributed by atoms with Crippen LogP contribution in [0.4, 0.5) is 0 Å². The van der Waals surface area contributed by atoms with Crippen molar-refractivity contribution in [3.05, 3.63) is 22.3 Å². The normalized spacial score (nSPS) is 19.5. The number of rotatable bonds is 0. The second kappa shape index (κ2) is 3.06. The molecule has 0 atom stereocenters. The van der Waals surface area contributed by atoms with Crippen molar-refractivity contribution < 1.29 is 8.42 Å². The van der Waals surface area contributed by atoms with Crippen molar-refractivity contribution in [3.63, 3.8) is 0 Å². The zero-order valence-corrected chi connectivity index (χ0v) is 9.23. The molecule has 1 aromatic heterocycles. The van der Waals surface area contributed by atoms with Gasteiger partial charge < -0.3 is 0 Å². The highest BCUT2D eigenvalue weighted by atomic mass is 79.9. The number of hydrogen-bond donors (Lipinski definition) is 0. The van der Waals surface area contributed by atoms with Crippen LogP contribution >= 0.6 is 15.9 Å². The lowest BCUT2D eigenvalue weighted by Crippen LogP contribution is -2.17. The summed E-state index contributed by atoms with van der Waals surface area (Å²) in [5.74, 6) is 0.231. The van der Waals surface area contributed by atoms with Gasteiger partial charge in [-0.3, -0.25) is 0 Å². The molecule has 0 N–H and O–H groups in total. The van der Waals surface area contributed by atoms with E-state index in [2.05, 4.69) is 20.9 Å². The van der Waals surface area contributed by atoms with Crippen molar-refractivity contribution in [1.29, 1.82) is 0 Å². The first-order valence-electron chi connectivity index (χ1n) is 3.97. The van der Waals surface area contributed by atoms with Crippen LogP contribution < -0.4 is 0 Å². The van der Waals surface area contributed by atoms with Crippen molar-refractivity contribution in [1.82, 2.24) is 4.98 Å². The Bertz CT molecular complexity index is 441. The highest BCUT2D eigenvalue weighted by Gasteiger charge is 2.24. The molecule has 0 saturated heterocycles. The van der Waals surface area contributed by atoms with Crippen LogP contribution in [0.3, 0.4) is 0 Å². The smallest absolute Gasteiger partial charge is 0.195 e. The number of fused-ring (bicyclic) bond motifs is 1. The first-order valence-corrected chi connectivity index (χ1v) is 6.41. The maximum Gasteiger partial charge on any atom is 0.195 e. The molecule has 13 heavy (non-hydrogen) atoms. The molecule has 2 rings (SSSR count). The van der Waals surface area contributed by atoms with Crippen LogP contribution in [0.15, 0.2) is 21.8 Å². The molecule has 0 saturated carbocycles. The predicted molar refractivity (Wildman–Crippen MR) is 52.3 cm³/mol. The van der Waals surface area contributed by atoms with Crippen molar-refractivity contribution >= 4 is 25.8 Å². The van der Waals surface area contributed by atoms with E-state index in [-0.39, 0.29) is 10.8 Å². The number of nitrogens with zero attached hydrogens (tertiary/aromatic N) is 1. The summed E-state index contributed by atoms with van der Waals surface area (Å²) < 4.78 is 23.8. The Hall–Kier alpha value is -0.420. The van der Waals surface area contributed by atoms with Gasteiger partial charge in [-0.2, -0.15) is 0 Å². The van der Waals surface area contributed by atoms with E-state index < -0.39 is 9.84 Å². The standard InChI is InChI=1S/C8H8BrNO2S/c9-7-4-6-2-1-3-13(11,12)8(6)10-5-7/h4-5H,1-3H2.